The highest BCUT2D eigenvalue weighted by molar-refractivity contribution is 7.17. The Bertz CT molecular complexity index is 497. The molecule has 19 heavy (non-hydrogen) atoms. The summed E-state index contributed by atoms with van der Waals surface area (Å²) in [7, 11) is 2.06. The molecule has 0 radical (unpaired) electrons. The molecule has 2 rings (SSSR count). The van der Waals surface area contributed by atoms with E-state index in [-0.39, 0.29) is 16.6 Å². The lowest BCUT2D eigenvalue weighted by molar-refractivity contribution is 0.0916. The Kier molecular flexibility index (Phi) is 3.50. The van der Waals surface area contributed by atoms with Crippen molar-refractivity contribution in [1.82, 2.24) is 4.98 Å². The van der Waals surface area contributed by atoms with E-state index in [0.29, 0.717) is 6.42 Å². The van der Waals surface area contributed by atoms with E-state index in [1.165, 1.54) is 0 Å². The first-order valence-electron chi connectivity index (χ1n) is 6.81. The lowest BCUT2D eigenvalue weighted by Gasteiger charge is -2.27. The van der Waals surface area contributed by atoms with E-state index < -0.39 is 0 Å². The van der Waals surface area contributed by atoms with Crippen LogP contribution in [0.5, 0.6) is 0 Å². The van der Waals surface area contributed by atoms with E-state index >= 15 is 0 Å². The molecule has 0 bridgehead atoms. The number of ketones is 1. The van der Waals surface area contributed by atoms with Crippen molar-refractivity contribution in [3.05, 3.63) is 10.6 Å². The summed E-state index contributed by atoms with van der Waals surface area (Å²) >= 11 is 1.56. The van der Waals surface area contributed by atoms with Gasteiger partial charge in [-0.3, -0.25) is 4.79 Å². The predicted molar refractivity (Wildman–Crippen MR) is 81.3 cm³/mol. The van der Waals surface area contributed by atoms with E-state index in [2.05, 4.69) is 46.6 Å². The number of anilines is 1. The molecule has 0 fully saturated rings. The highest BCUT2D eigenvalue weighted by Gasteiger charge is 2.34. The number of carbonyl (C=O) groups is 1. The summed E-state index contributed by atoms with van der Waals surface area (Å²) in [6.45, 7) is 11.9. The van der Waals surface area contributed by atoms with Crippen LogP contribution < -0.4 is 4.90 Å². The minimum atomic E-state index is 0.0536. The van der Waals surface area contributed by atoms with Crippen molar-refractivity contribution in [1.29, 1.82) is 0 Å². The van der Waals surface area contributed by atoms with Crippen LogP contribution in [0.3, 0.4) is 0 Å². The maximum Gasteiger partial charge on any atom is 0.185 e. The summed E-state index contributed by atoms with van der Waals surface area (Å²) in [5.41, 5.74) is 1.28. The Morgan fingerprint density at radius 2 is 1.95 bits per heavy atom. The van der Waals surface area contributed by atoms with E-state index in [1.54, 1.807) is 11.3 Å². The second-order valence-corrected chi connectivity index (χ2v) is 8.61. The Morgan fingerprint density at radius 1 is 1.32 bits per heavy atom. The zero-order valence-electron chi connectivity index (χ0n) is 12.8. The average Bonchev–Trinajstić information content (AvgIpc) is 2.56. The molecule has 0 saturated carbocycles. The molecule has 0 spiro atoms. The number of Topliss-reactive ketones (excluding diaryl/α,β-unsaturated/α-hetero) is 1. The minimum absolute atomic E-state index is 0.0536. The number of hydrogen-bond donors (Lipinski definition) is 0. The number of aromatic nitrogens is 1. The summed E-state index contributed by atoms with van der Waals surface area (Å²) in [5, 5.41) is 0.978. The van der Waals surface area contributed by atoms with Crippen molar-refractivity contribution in [3.63, 3.8) is 0 Å². The molecule has 0 N–H and O–H groups in total. The van der Waals surface area contributed by atoms with Crippen LogP contribution in [0.1, 0.15) is 56.4 Å². The smallest absolute Gasteiger partial charge is 0.185 e. The van der Waals surface area contributed by atoms with Crippen LogP contribution in [-0.2, 0) is 6.42 Å². The van der Waals surface area contributed by atoms with E-state index in [1.807, 2.05) is 0 Å². The number of carbonyl (C=O) groups excluding carboxylic acids is 1. The van der Waals surface area contributed by atoms with Crippen LogP contribution >= 0.6 is 11.3 Å². The number of thiazole rings is 1. The molecular formula is C15H24N2OS. The molecule has 0 atom stereocenters. The van der Waals surface area contributed by atoms with E-state index in [4.69, 9.17) is 4.98 Å². The fourth-order valence-corrected chi connectivity index (χ4v) is 3.63. The third-order valence-corrected chi connectivity index (χ3v) is 4.52. The van der Waals surface area contributed by atoms with Gasteiger partial charge in [0.2, 0.25) is 0 Å². The van der Waals surface area contributed by atoms with Crippen LogP contribution in [0.25, 0.3) is 0 Å². The van der Waals surface area contributed by atoms with E-state index in [9.17, 15) is 4.79 Å². The molecule has 0 aromatic carbocycles. The zero-order valence-corrected chi connectivity index (χ0v) is 13.6. The van der Waals surface area contributed by atoms with Gasteiger partial charge in [-0.1, -0.05) is 46.0 Å². The van der Waals surface area contributed by atoms with Gasteiger partial charge in [-0.2, -0.15) is 0 Å². The Hall–Kier alpha value is -0.900. The number of nitrogens with zero attached hydrogens (tertiary/aromatic N) is 2. The van der Waals surface area contributed by atoms with Crippen LogP contribution in [0.15, 0.2) is 0 Å². The highest BCUT2D eigenvalue weighted by atomic mass is 32.1. The van der Waals surface area contributed by atoms with E-state index in [0.717, 1.165) is 28.7 Å². The van der Waals surface area contributed by atoms with Crippen molar-refractivity contribution in [2.24, 2.45) is 10.8 Å². The SMILES string of the molecule is CN(CC(C)(C)C)c1nc2c(s1)C(=O)CC(C)(C)C2. The molecular weight excluding hydrogens is 256 g/mol. The van der Waals surface area contributed by atoms with Gasteiger partial charge in [0, 0.05) is 20.0 Å². The molecule has 0 saturated heterocycles. The molecule has 0 amide bonds. The van der Waals surface area contributed by atoms with Crippen LogP contribution in [-0.4, -0.2) is 24.4 Å². The predicted octanol–water partition coefficient (Wildman–Crippen LogP) is 3.78. The minimum Gasteiger partial charge on any atom is -0.351 e. The van der Waals surface area contributed by atoms with Gasteiger partial charge in [-0.25, -0.2) is 4.98 Å². The zero-order chi connectivity index (χ0) is 14.4. The quantitative estimate of drug-likeness (QED) is 0.826. The molecule has 1 aromatic rings. The van der Waals surface area contributed by atoms with Gasteiger partial charge in [-0.15, -0.1) is 0 Å². The topological polar surface area (TPSA) is 33.2 Å². The van der Waals surface area contributed by atoms with Crippen molar-refractivity contribution in [2.45, 2.75) is 47.5 Å². The maximum atomic E-state index is 12.2. The number of fused-ring (bicyclic) bond motifs is 1. The van der Waals surface area contributed by atoms with Crippen LogP contribution in [0, 0.1) is 10.8 Å². The second-order valence-electron chi connectivity index (χ2n) is 7.63. The molecule has 4 heteroatoms. The number of rotatable bonds is 2. The normalized spacial score (nSPS) is 18.3. The summed E-state index contributed by atoms with van der Waals surface area (Å²) in [6.07, 6.45) is 1.55. The van der Waals surface area contributed by atoms with Gasteiger partial charge in [0.05, 0.1) is 10.6 Å². The monoisotopic (exact) mass is 280 g/mol. The Morgan fingerprint density at radius 3 is 2.53 bits per heavy atom. The Labute approximate surface area is 120 Å². The van der Waals surface area contributed by atoms with Crippen molar-refractivity contribution < 1.29 is 4.79 Å². The fourth-order valence-electron chi connectivity index (χ4n) is 2.65. The summed E-state index contributed by atoms with van der Waals surface area (Å²) in [6, 6.07) is 0. The lowest BCUT2D eigenvalue weighted by atomic mass is 9.78. The first kappa shape index (κ1) is 14.5. The largest absolute Gasteiger partial charge is 0.351 e. The Balaban J connectivity index is 2.26. The second kappa shape index (κ2) is 4.58. The molecule has 0 unspecified atom stereocenters. The molecule has 1 heterocycles. The van der Waals surface area contributed by atoms with Gasteiger partial charge in [0.15, 0.2) is 10.9 Å². The molecule has 106 valence electrons. The van der Waals surface area contributed by atoms with Gasteiger partial charge in [0.1, 0.15) is 0 Å². The first-order chi connectivity index (χ1) is 8.57. The third-order valence-electron chi connectivity index (χ3n) is 3.26. The molecule has 1 aliphatic carbocycles. The van der Waals surface area contributed by atoms with Gasteiger partial charge < -0.3 is 4.90 Å². The standard InChI is InChI=1S/C15H24N2OS/c1-14(2,3)9-17(6)13-16-10-7-15(4,5)8-11(18)12(10)19-13/h7-9H2,1-6H3. The van der Waals surface area contributed by atoms with Crippen molar-refractivity contribution in [3.8, 4) is 0 Å². The molecule has 1 aromatic heterocycles. The van der Waals surface area contributed by atoms with Crippen molar-refractivity contribution >= 4 is 22.3 Å². The fraction of sp³-hybridized carbons (Fsp3) is 0.733. The van der Waals surface area contributed by atoms with Crippen molar-refractivity contribution in [2.75, 3.05) is 18.5 Å². The van der Waals surface area contributed by atoms with Gasteiger partial charge in [-0.05, 0) is 17.3 Å². The average molecular weight is 280 g/mol. The molecule has 0 aliphatic heterocycles. The van der Waals surface area contributed by atoms with Crippen LogP contribution in [0.4, 0.5) is 5.13 Å². The maximum absolute atomic E-state index is 12.2. The summed E-state index contributed by atoms with van der Waals surface area (Å²) in [4.78, 5) is 19.9. The van der Waals surface area contributed by atoms with Gasteiger partial charge >= 0.3 is 0 Å². The summed E-state index contributed by atoms with van der Waals surface area (Å²) in [5.74, 6) is 0.263. The third kappa shape index (κ3) is 3.35. The number of hydrogen-bond acceptors (Lipinski definition) is 4. The van der Waals surface area contributed by atoms with Crippen LogP contribution in [0.2, 0.25) is 0 Å². The lowest BCUT2D eigenvalue weighted by Crippen LogP contribution is -2.29. The molecule has 3 nitrogen and oxygen atoms in total. The highest BCUT2D eigenvalue weighted by Crippen LogP contribution is 2.39. The van der Waals surface area contributed by atoms with Gasteiger partial charge in [0.25, 0.3) is 0 Å². The summed E-state index contributed by atoms with van der Waals surface area (Å²) < 4.78 is 0. The first-order valence-corrected chi connectivity index (χ1v) is 7.63. The molecule has 1 aliphatic rings.